The van der Waals surface area contributed by atoms with E-state index in [0.29, 0.717) is 46.4 Å². The topological polar surface area (TPSA) is 73.1 Å². The predicted octanol–water partition coefficient (Wildman–Crippen LogP) is 3.65. The highest BCUT2D eigenvalue weighted by atomic mass is 35.5. The second-order valence-electron chi connectivity index (χ2n) is 3.95. The molecule has 0 saturated heterocycles. The first kappa shape index (κ1) is 14.8. The average molecular weight is 313 g/mol. The van der Waals surface area contributed by atoms with Crippen LogP contribution in [0.25, 0.3) is 0 Å². The van der Waals surface area contributed by atoms with Crippen LogP contribution in [-0.4, -0.2) is 16.6 Å². The van der Waals surface area contributed by atoms with Crippen molar-refractivity contribution < 1.29 is 4.74 Å². The van der Waals surface area contributed by atoms with Gasteiger partial charge in [0.15, 0.2) is 5.82 Å². The van der Waals surface area contributed by atoms with Crippen LogP contribution in [-0.2, 0) is 11.3 Å². The summed E-state index contributed by atoms with van der Waals surface area (Å²) in [5.74, 6) is 1.36. The molecule has 0 saturated carbocycles. The molecule has 0 fully saturated rings. The molecule has 2 rings (SSSR count). The Kier molecular flexibility index (Phi) is 5.00. The van der Waals surface area contributed by atoms with Crippen LogP contribution in [0.3, 0.4) is 0 Å². The van der Waals surface area contributed by atoms with Crippen molar-refractivity contribution in [1.82, 2.24) is 9.97 Å². The first-order valence-corrected chi connectivity index (χ1v) is 6.78. The number of nitrogens with two attached hydrogens (primary N) is 1. The maximum absolute atomic E-state index is 6.10. The van der Waals surface area contributed by atoms with Crippen molar-refractivity contribution >= 4 is 40.5 Å². The second-order valence-corrected chi connectivity index (χ2v) is 4.77. The molecule has 0 aliphatic rings. The number of hydrogen-bond acceptors (Lipinski definition) is 5. The monoisotopic (exact) mass is 312 g/mol. The molecular formula is C13H14Cl2N4O. The van der Waals surface area contributed by atoms with Gasteiger partial charge in [-0.1, -0.05) is 29.3 Å². The second kappa shape index (κ2) is 6.74. The number of hydrogen-bond donors (Lipinski definition) is 2. The van der Waals surface area contributed by atoms with Gasteiger partial charge < -0.3 is 15.8 Å². The Labute approximate surface area is 127 Å². The molecule has 1 aromatic heterocycles. The molecular weight excluding hydrogens is 299 g/mol. The number of nitrogen functional groups attached to an aromatic ring is 1. The van der Waals surface area contributed by atoms with E-state index in [2.05, 4.69) is 15.3 Å². The lowest BCUT2D eigenvalue weighted by atomic mass is 10.3. The Hall–Kier alpha value is -1.56. The van der Waals surface area contributed by atoms with E-state index < -0.39 is 0 Å². The van der Waals surface area contributed by atoms with Gasteiger partial charge in [-0.15, -0.1) is 0 Å². The molecule has 3 N–H and O–H groups in total. The van der Waals surface area contributed by atoms with Crippen molar-refractivity contribution in [1.29, 1.82) is 0 Å². The maximum atomic E-state index is 6.10. The summed E-state index contributed by atoms with van der Waals surface area (Å²) in [7, 11) is 0. The summed E-state index contributed by atoms with van der Waals surface area (Å²) >= 11 is 12.2. The fourth-order valence-corrected chi connectivity index (χ4v) is 2.08. The molecule has 0 bridgehead atoms. The molecule has 0 amide bonds. The molecule has 106 valence electrons. The summed E-state index contributed by atoms with van der Waals surface area (Å²) in [4.78, 5) is 8.40. The van der Waals surface area contributed by atoms with Crippen LogP contribution in [0.4, 0.5) is 17.3 Å². The Morgan fingerprint density at radius 2 is 1.95 bits per heavy atom. The minimum atomic E-state index is 0.298. The van der Waals surface area contributed by atoms with Gasteiger partial charge in [0.25, 0.3) is 0 Å². The van der Waals surface area contributed by atoms with E-state index in [1.165, 1.54) is 0 Å². The molecule has 0 unspecified atom stereocenters. The van der Waals surface area contributed by atoms with Gasteiger partial charge in [-0.05, 0) is 19.1 Å². The Morgan fingerprint density at radius 3 is 2.60 bits per heavy atom. The number of benzene rings is 1. The van der Waals surface area contributed by atoms with Gasteiger partial charge in [0, 0.05) is 12.7 Å². The van der Waals surface area contributed by atoms with E-state index in [0.717, 1.165) is 0 Å². The molecule has 1 aromatic carbocycles. The maximum Gasteiger partial charge on any atom is 0.158 e. The van der Waals surface area contributed by atoms with Gasteiger partial charge in [0.05, 0.1) is 15.7 Å². The Bertz CT molecular complexity index is 587. The quantitative estimate of drug-likeness (QED) is 0.881. The number of para-hydroxylation sites is 1. The standard InChI is InChI=1S/C13H14Cl2N4O/c1-2-20-7-12-17-10(16)6-11(18-12)19-13-8(14)4-3-5-9(13)15/h3-6H,2,7H2,1H3,(H3,16,17,18,19). The third kappa shape index (κ3) is 3.72. The third-order valence-electron chi connectivity index (χ3n) is 2.44. The fraction of sp³-hybridized carbons (Fsp3) is 0.231. The van der Waals surface area contributed by atoms with E-state index in [1.807, 2.05) is 6.92 Å². The lowest BCUT2D eigenvalue weighted by molar-refractivity contribution is 0.128. The molecule has 0 atom stereocenters. The number of nitrogens with one attached hydrogen (secondary N) is 1. The van der Waals surface area contributed by atoms with Crippen LogP contribution in [0.15, 0.2) is 24.3 Å². The highest BCUT2D eigenvalue weighted by Gasteiger charge is 2.08. The van der Waals surface area contributed by atoms with E-state index >= 15 is 0 Å². The number of anilines is 3. The van der Waals surface area contributed by atoms with Gasteiger partial charge >= 0.3 is 0 Å². The Balaban J connectivity index is 2.27. The zero-order valence-corrected chi connectivity index (χ0v) is 12.4. The average Bonchev–Trinajstić information content (AvgIpc) is 2.40. The fourth-order valence-electron chi connectivity index (χ4n) is 1.58. The van der Waals surface area contributed by atoms with Crippen molar-refractivity contribution in [3.8, 4) is 0 Å². The predicted molar refractivity (Wildman–Crippen MR) is 81.5 cm³/mol. The largest absolute Gasteiger partial charge is 0.384 e. The number of nitrogens with zero attached hydrogens (tertiary/aromatic N) is 2. The molecule has 0 aliphatic heterocycles. The first-order chi connectivity index (χ1) is 9.60. The number of rotatable bonds is 5. The molecule has 5 nitrogen and oxygen atoms in total. The van der Waals surface area contributed by atoms with Gasteiger partial charge in [-0.25, -0.2) is 9.97 Å². The number of ether oxygens (including phenoxy) is 1. The lowest BCUT2D eigenvalue weighted by Gasteiger charge is -2.11. The third-order valence-corrected chi connectivity index (χ3v) is 3.07. The Morgan fingerprint density at radius 1 is 1.25 bits per heavy atom. The van der Waals surface area contributed by atoms with Crippen LogP contribution in [0.5, 0.6) is 0 Å². The normalized spacial score (nSPS) is 10.6. The van der Waals surface area contributed by atoms with Crippen LogP contribution in [0, 0.1) is 0 Å². The lowest BCUT2D eigenvalue weighted by Crippen LogP contribution is -2.05. The summed E-state index contributed by atoms with van der Waals surface area (Å²) in [5, 5.41) is 4.05. The van der Waals surface area contributed by atoms with Crippen molar-refractivity contribution in [3.05, 3.63) is 40.1 Å². The highest BCUT2D eigenvalue weighted by molar-refractivity contribution is 6.39. The van der Waals surface area contributed by atoms with Crippen molar-refractivity contribution in [2.75, 3.05) is 17.7 Å². The van der Waals surface area contributed by atoms with Gasteiger partial charge in [-0.2, -0.15) is 0 Å². The number of halogens is 2. The zero-order chi connectivity index (χ0) is 14.5. The highest BCUT2D eigenvalue weighted by Crippen LogP contribution is 2.32. The molecule has 20 heavy (non-hydrogen) atoms. The molecule has 7 heteroatoms. The van der Waals surface area contributed by atoms with E-state index in [9.17, 15) is 0 Å². The summed E-state index contributed by atoms with van der Waals surface area (Å²) in [6.07, 6.45) is 0. The van der Waals surface area contributed by atoms with Gasteiger partial charge in [0.2, 0.25) is 0 Å². The first-order valence-electron chi connectivity index (χ1n) is 6.02. The van der Waals surface area contributed by atoms with Crippen LogP contribution in [0.1, 0.15) is 12.7 Å². The summed E-state index contributed by atoms with van der Waals surface area (Å²) in [6.45, 7) is 2.78. The van der Waals surface area contributed by atoms with Crippen molar-refractivity contribution in [3.63, 3.8) is 0 Å². The van der Waals surface area contributed by atoms with Crippen molar-refractivity contribution in [2.45, 2.75) is 13.5 Å². The molecule has 0 aliphatic carbocycles. The van der Waals surface area contributed by atoms with Crippen molar-refractivity contribution in [2.24, 2.45) is 0 Å². The van der Waals surface area contributed by atoms with Gasteiger partial charge in [0.1, 0.15) is 18.2 Å². The van der Waals surface area contributed by atoms with E-state index in [4.69, 9.17) is 33.7 Å². The van der Waals surface area contributed by atoms with Crippen LogP contribution >= 0.6 is 23.2 Å². The summed E-state index contributed by atoms with van der Waals surface area (Å²) in [5.41, 5.74) is 6.33. The minimum absolute atomic E-state index is 0.298. The SMILES string of the molecule is CCOCc1nc(N)cc(Nc2c(Cl)cccc2Cl)n1. The zero-order valence-electron chi connectivity index (χ0n) is 10.9. The van der Waals surface area contributed by atoms with Crippen LogP contribution < -0.4 is 11.1 Å². The molecule has 0 radical (unpaired) electrons. The van der Waals surface area contributed by atoms with Crippen LogP contribution in [0.2, 0.25) is 10.0 Å². The minimum Gasteiger partial charge on any atom is -0.384 e. The number of aromatic nitrogens is 2. The molecule has 0 spiro atoms. The van der Waals surface area contributed by atoms with E-state index in [-0.39, 0.29) is 0 Å². The summed E-state index contributed by atoms with van der Waals surface area (Å²) < 4.78 is 5.27. The van der Waals surface area contributed by atoms with Gasteiger partial charge in [-0.3, -0.25) is 0 Å². The smallest absolute Gasteiger partial charge is 0.158 e. The molecule has 2 aromatic rings. The molecule has 1 heterocycles. The summed E-state index contributed by atoms with van der Waals surface area (Å²) in [6, 6.07) is 6.85. The van der Waals surface area contributed by atoms with E-state index in [1.54, 1.807) is 24.3 Å².